The molecule has 1 aliphatic heterocycles. The van der Waals surface area contributed by atoms with Crippen molar-refractivity contribution < 1.29 is 9.53 Å². The number of esters is 1. The number of likely N-dealkylation sites (N-methyl/N-ethyl adjacent to an activating group) is 1. The van der Waals surface area contributed by atoms with Crippen molar-refractivity contribution in [3.63, 3.8) is 0 Å². The molecule has 1 heterocycles. The number of piperazine rings is 1. The predicted molar refractivity (Wildman–Crippen MR) is 50.5 cm³/mol. The largest absolute Gasteiger partial charge is 0.469 e. The average Bonchev–Trinajstić information content (AvgIpc) is 2.11. The zero-order chi connectivity index (χ0) is 9.84. The van der Waals surface area contributed by atoms with E-state index in [2.05, 4.69) is 28.9 Å². The van der Waals surface area contributed by atoms with Crippen LogP contribution in [0.25, 0.3) is 0 Å². The van der Waals surface area contributed by atoms with Crippen LogP contribution in [0.3, 0.4) is 0 Å². The van der Waals surface area contributed by atoms with Crippen molar-refractivity contribution >= 4 is 5.97 Å². The average molecular weight is 186 g/mol. The van der Waals surface area contributed by atoms with Gasteiger partial charge in [0.1, 0.15) is 0 Å². The zero-order valence-corrected chi connectivity index (χ0v) is 8.54. The molecule has 76 valence electrons. The highest BCUT2D eigenvalue weighted by molar-refractivity contribution is 5.69. The molecule has 0 aromatic carbocycles. The van der Waals surface area contributed by atoms with Crippen LogP contribution in [0.15, 0.2) is 0 Å². The number of nitrogens with zero attached hydrogens (tertiary/aromatic N) is 1. The SMILES string of the molecule is COC(=O)CC1CN(C)C(C)CN1. The van der Waals surface area contributed by atoms with Crippen molar-refractivity contribution in [2.45, 2.75) is 25.4 Å². The maximum Gasteiger partial charge on any atom is 0.307 e. The van der Waals surface area contributed by atoms with Gasteiger partial charge < -0.3 is 15.0 Å². The quantitative estimate of drug-likeness (QED) is 0.609. The third-order valence-electron chi connectivity index (χ3n) is 2.60. The minimum atomic E-state index is -0.138. The van der Waals surface area contributed by atoms with Crippen LogP contribution in [-0.2, 0) is 9.53 Å². The van der Waals surface area contributed by atoms with E-state index in [4.69, 9.17) is 0 Å². The maximum absolute atomic E-state index is 11.0. The van der Waals surface area contributed by atoms with Gasteiger partial charge in [-0.3, -0.25) is 4.79 Å². The molecule has 1 rings (SSSR count). The molecule has 0 aliphatic carbocycles. The summed E-state index contributed by atoms with van der Waals surface area (Å²) in [4.78, 5) is 13.2. The summed E-state index contributed by atoms with van der Waals surface area (Å²) < 4.78 is 4.62. The van der Waals surface area contributed by atoms with Gasteiger partial charge >= 0.3 is 5.97 Å². The Balaban J connectivity index is 2.33. The molecule has 1 N–H and O–H groups in total. The van der Waals surface area contributed by atoms with E-state index >= 15 is 0 Å². The molecule has 0 bridgehead atoms. The molecule has 0 aromatic rings. The predicted octanol–water partition coefficient (Wildman–Crippen LogP) is -0.158. The summed E-state index contributed by atoms with van der Waals surface area (Å²) in [5.74, 6) is -0.138. The number of rotatable bonds is 2. The monoisotopic (exact) mass is 186 g/mol. The Labute approximate surface area is 79.2 Å². The Hall–Kier alpha value is -0.610. The van der Waals surface area contributed by atoms with Crippen molar-refractivity contribution in [2.75, 3.05) is 27.2 Å². The molecule has 13 heavy (non-hydrogen) atoms. The number of hydrogen-bond acceptors (Lipinski definition) is 4. The minimum Gasteiger partial charge on any atom is -0.469 e. The summed E-state index contributed by atoms with van der Waals surface area (Å²) in [5.41, 5.74) is 0. The van der Waals surface area contributed by atoms with Gasteiger partial charge in [0.15, 0.2) is 0 Å². The standard InChI is InChI=1S/C9H18N2O2/c1-7-5-10-8(6-11(7)2)4-9(12)13-3/h7-8,10H,4-6H2,1-3H3. The van der Waals surface area contributed by atoms with E-state index in [1.54, 1.807) is 0 Å². The van der Waals surface area contributed by atoms with E-state index < -0.39 is 0 Å². The minimum absolute atomic E-state index is 0.138. The van der Waals surface area contributed by atoms with Crippen LogP contribution >= 0.6 is 0 Å². The van der Waals surface area contributed by atoms with Gasteiger partial charge in [-0.25, -0.2) is 0 Å². The Kier molecular flexibility index (Phi) is 3.69. The molecule has 4 heteroatoms. The fraction of sp³-hybridized carbons (Fsp3) is 0.889. The Morgan fingerprint density at radius 3 is 2.92 bits per heavy atom. The first-order valence-corrected chi connectivity index (χ1v) is 4.64. The van der Waals surface area contributed by atoms with Crippen molar-refractivity contribution in [1.82, 2.24) is 10.2 Å². The lowest BCUT2D eigenvalue weighted by molar-refractivity contribution is -0.141. The highest BCUT2D eigenvalue weighted by Gasteiger charge is 2.23. The summed E-state index contributed by atoms with van der Waals surface area (Å²) in [5, 5.41) is 3.32. The molecule has 0 amide bonds. The van der Waals surface area contributed by atoms with E-state index in [1.165, 1.54) is 7.11 Å². The summed E-state index contributed by atoms with van der Waals surface area (Å²) in [6.45, 7) is 4.02. The molecule has 0 saturated carbocycles. The Bertz CT molecular complexity index is 184. The van der Waals surface area contributed by atoms with E-state index in [1.807, 2.05) is 0 Å². The van der Waals surface area contributed by atoms with Crippen molar-refractivity contribution in [3.05, 3.63) is 0 Å². The first-order chi connectivity index (χ1) is 6.13. The van der Waals surface area contributed by atoms with Crippen LogP contribution in [0.1, 0.15) is 13.3 Å². The van der Waals surface area contributed by atoms with Gasteiger partial charge in [0.25, 0.3) is 0 Å². The molecule has 2 atom stereocenters. The molecule has 0 spiro atoms. The summed E-state index contributed by atoms with van der Waals surface area (Å²) in [7, 11) is 3.51. The number of methoxy groups -OCH3 is 1. The third-order valence-corrected chi connectivity index (χ3v) is 2.60. The molecular formula is C9H18N2O2. The molecule has 1 fully saturated rings. The number of ether oxygens (including phenoxy) is 1. The molecule has 4 nitrogen and oxygen atoms in total. The second-order valence-corrected chi connectivity index (χ2v) is 3.67. The molecule has 1 saturated heterocycles. The van der Waals surface area contributed by atoms with Crippen molar-refractivity contribution in [2.24, 2.45) is 0 Å². The molecule has 1 aliphatic rings. The number of nitrogens with one attached hydrogen (secondary N) is 1. The van der Waals surface area contributed by atoms with E-state index in [9.17, 15) is 4.79 Å². The smallest absolute Gasteiger partial charge is 0.307 e. The lowest BCUT2D eigenvalue weighted by Gasteiger charge is -2.35. The second kappa shape index (κ2) is 4.58. The Morgan fingerprint density at radius 2 is 2.38 bits per heavy atom. The van der Waals surface area contributed by atoms with Gasteiger partial charge in [0.05, 0.1) is 13.5 Å². The van der Waals surface area contributed by atoms with Gasteiger partial charge in [0.2, 0.25) is 0 Å². The summed E-state index contributed by atoms with van der Waals surface area (Å²) in [6, 6.07) is 0.794. The van der Waals surface area contributed by atoms with E-state index in [-0.39, 0.29) is 12.0 Å². The molecule has 0 radical (unpaired) electrons. The lowest BCUT2D eigenvalue weighted by Crippen LogP contribution is -2.54. The number of carbonyl (C=O) groups is 1. The zero-order valence-electron chi connectivity index (χ0n) is 8.54. The normalized spacial score (nSPS) is 30.1. The van der Waals surface area contributed by atoms with Gasteiger partial charge in [0, 0.05) is 25.2 Å². The maximum atomic E-state index is 11.0. The molecule has 0 aromatic heterocycles. The fourth-order valence-electron chi connectivity index (χ4n) is 1.51. The van der Waals surface area contributed by atoms with Crippen LogP contribution in [0.2, 0.25) is 0 Å². The van der Waals surface area contributed by atoms with Crippen LogP contribution in [0.4, 0.5) is 0 Å². The lowest BCUT2D eigenvalue weighted by atomic mass is 10.1. The second-order valence-electron chi connectivity index (χ2n) is 3.67. The third kappa shape index (κ3) is 2.97. The van der Waals surface area contributed by atoms with Crippen LogP contribution < -0.4 is 5.32 Å². The molecule has 2 unspecified atom stereocenters. The first kappa shape index (κ1) is 10.5. The highest BCUT2D eigenvalue weighted by atomic mass is 16.5. The summed E-state index contributed by atoms with van der Waals surface area (Å²) >= 11 is 0. The van der Waals surface area contributed by atoms with Gasteiger partial charge in [-0.05, 0) is 14.0 Å². The van der Waals surface area contributed by atoms with Crippen molar-refractivity contribution in [3.8, 4) is 0 Å². The van der Waals surface area contributed by atoms with E-state index in [0.717, 1.165) is 13.1 Å². The first-order valence-electron chi connectivity index (χ1n) is 4.64. The van der Waals surface area contributed by atoms with Gasteiger partial charge in [-0.1, -0.05) is 0 Å². The van der Waals surface area contributed by atoms with Crippen molar-refractivity contribution in [1.29, 1.82) is 0 Å². The van der Waals surface area contributed by atoms with E-state index in [0.29, 0.717) is 12.5 Å². The highest BCUT2D eigenvalue weighted by Crippen LogP contribution is 2.06. The van der Waals surface area contributed by atoms with Crippen LogP contribution in [0, 0.1) is 0 Å². The van der Waals surface area contributed by atoms with Crippen LogP contribution in [-0.4, -0.2) is 50.2 Å². The van der Waals surface area contributed by atoms with Crippen LogP contribution in [0.5, 0.6) is 0 Å². The van der Waals surface area contributed by atoms with Gasteiger partial charge in [-0.2, -0.15) is 0 Å². The summed E-state index contributed by atoms with van der Waals surface area (Å²) in [6.07, 6.45) is 0.466. The number of carbonyl (C=O) groups excluding carboxylic acids is 1. The topological polar surface area (TPSA) is 41.6 Å². The fourth-order valence-corrected chi connectivity index (χ4v) is 1.51. The number of hydrogen-bond donors (Lipinski definition) is 1. The Morgan fingerprint density at radius 1 is 1.69 bits per heavy atom. The molecular weight excluding hydrogens is 168 g/mol. The van der Waals surface area contributed by atoms with Gasteiger partial charge in [-0.15, -0.1) is 0 Å².